The largest absolute Gasteiger partial charge is 0.480 e. The van der Waals surface area contributed by atoms with Gasteiger partial charge in [0, 0.05) is 33.8 Å². The van der Waals surface area contributed by atoms with E-state index in [2.05, 4.69) is 0 Å². The summed E-state index contributed by atoms with van der Waals surface area (Å²) < 4.78 is 54.6. The molecule has 1 N–H and O–H groups in total. The molecule has 6 atom stereocenters. The number of esters is 4. The number of carbonyl (C=O) groups is 5. The SMILES string of the molecule is CC(=O)OC[C@H]1OC(N([C@@H](C)C(=O)O)S(=O)(=O)c2ccccc2[N+](=O)[O-])[C@H](OC(C)=O)[C@@H](OC(C)=O)[C@@H]1OC(C)=O. The van der Waals surface area contributed by atoms with E-state index < -0.39 is 98.7 Å². The molecule has 17 nitrogen and oxygen atoms in total. The Morgan fingerprint density at radius 2 is 1.46 bits per heavy atom. The van der Waals surface area contributed by atoms with Crippen molar-refractivity contribution in [1.82, 2.24) is 4.31 Å². The van der Waals surface area contributed by atoms with E-state index in [0.717, 1.165) is 52.8 Å². The van der Waals surface area contributed by atoms with Crippen LogP contribution in [0.3, 0.4) is 0 Å². The van der Waals surface area contributed by atoms with Gasteiger partial charge in [-0.25, -0.2) is 8.42 Å². The van der Waals surface area contributed by atoms with E-state index in [9.17, 15) is 47.6 Å². The first-order valence-corrected chi connectivity index (χ1v) is 13.2. The molecule has 1 aromatic rings. The summed E-state index contributed by atoms with van der Waals surface area (Å²) >= 11 is 0. The monoisotopic (exact) mass is 604 g/mol. The van der Waals surface area contributed by atoms with E-state index in [4.69, 9.17) is 23.7 Å². The van der Waals surface area contributed by atoms with Crippen molar-refractivity contribution in [3.63, 3.8) is 0 Å². The van der Waals surface area contributed by atoms with Gasteiger partial charge in [0.15, 0.2) is 29.4 Å². The summed E-state index contributed by atoms with van der Waals surface area (Å²) in [5.41, 5.74) is -0.916. The molecule has 41 heavy (non-hydrogen) atoms. The number of hydrogen-bond donors (Lipinski definition) is 1. The lowest BCUT2D eigenvalue weighted by Gasteiger charge is -2.47. The Labute approximate surface area is 233 Å². The van der Waals surface area contributed by atoms with E-state index >= 15 is 0 Å². The molecule has 18 heteroatoms. The van der Waals surface area contributed by atoms with Crippen LogP contribution in [0.2, 0.25) is 0 Å². The zero-order valence-corrected chi connectivity index (χ0v) is 23.3. The maximum atomic E-state index is 14.0. The smallest absolute Gasteiger partial charge is 0.321 e. The molecule has 1 saturated heterocycles. The van der Waals surface area contributed by atoms with Gasteiger partial charge in [0.05, 0.1) is 4.92 Å². The van der Waals surface area contributed by atoms with E-state index in [1.807, 2.05) is 0 Å². The highest BCUT2D eigenvalue weighted by Gasteiger charge is 2.57. The summed E-state index contributed by atoms with van der Waals surface area (Å²) in [7, 11) is -5.20. The van der Waals surface area contributed by atoms with Crippen molar-refractivity contribution in [3.05, 3.63) is 34.4 Å². The minimum absolute atomic E-state index is 0.187. The lowest BCUT2D eigenvalue weighted by Crippen LogP contribution is -2.68. The molecule has 226 valence electrons. The van der Waals surface area contributed by atoms with Crippen LogP contribution in [0.4, 0.5) is 5.69 Å². The number of ether oxygens (including phenoxy) is 5. The number of sulfonamides is 1. The molecule has 2 rings (SSSR count). The van der Waals surface area contributed by atoms with Crippen LogP contribution >= 0.6 is 0 Å². The van der Waals surface area contributed by atoms with Crippen LogP contribution < -0.4 is 0 Å². The molecular weight excluding hydrogens is 576 g/mol. The van der Waals surface area contributed by atoms with Gasteiger partial charge >= 0.3 is 29.8 Å². The van der Waals surface area contributed by atoms with Crippen LogP contribution in [0.5, 0.6) is 0 Å². The summed E-state index contributed by atoms with van der Waals surface area (Å²) in [4.78, 5) is 69.5. The first-order valence-electron chi connectivity index (χ1n) is 11.8. The van der Waals surface area contributed by atoms with Crippen molar-refractivity contribution in [2.45, 2.75) is 76.2 Å². The summed E-state index contributed by atoms with van der Waals surface area (Å²) in [6.07, 6.45) is -9.27. The highest BCUT2D eigenvalue weighted by molar-refractivity contribution is 7.89. The molecule has 0 amide bonds. The molecule has 1 aliphatic heterocycles. The fourth-order valence-electron chi connectivity index (χ4n) is 4.02. The molecular formula is C23H28N2O15S. The minimum atomic E-state index is -5.20. The van der Waals surface area contributed by atoms with Gasteiger partial charge in [-0.3, -0.25) is 34.1 Å². The van der Waals surface area contributed by atoms with Gasteiger partial charge in [-0.1, -0.05) is 12.1 Å². The molecule has 0 bridgehead atoms. The van der Waals surface area contributed by atoms with Crippen LogP contribution in [-0.4, -0.2) is 95.9 Å². The minimum Gasteiger partial charge on any atom is -0.480 e. The van der Waals surface area contributed by atoms with Crippen molar-refractivity contribution in [3.8, 4) is 0 Å². The van der Waals surface area contributed by atoms with E-state index in [1.54, 1.807) is 0 Å². The second kappa shape index (κ2) is 13.5. The predicted octanol–water partition coefficient (Wildman–Crippen LogP) is 0.142. The third-order valence-electron chi connectivity index (χ3n) is 5.57. The lowest BCUT2D eigenvalue weighted by atomic mass is 9.96. The van der Waals surface area contributed by atoms with Crippen molar-refractivity contribution < 1.29 is 66.1 Å². The third-order valence-corrected chi connectivity index (χ3v) is 7.55. The maximum Gasteiger partial charge on any atom is 0.321 e. The standard InChI is InChI=1S/C23H28N2O15S/c1-11(23(30)31)24(41(34,35)18-9-7-6-8-16(18)25(32)33)22-21(39-15(5)29)20(38-14(4)28)19(37-13(3)27)17(40-22)10-36-12(2)26/h6-9,11,17,19-22H,10H2,1-5H3,(H,30,31)/t11-,17+,19+,20-,21+,22?/m0/s1. The molecule has 0 radical (unpaired) electrons. The summed E-state index contributed by atoms with van der Waals surface area (Å²) in [6, 6.07) is 2.00. The number of carboxylic acid groups (broad SMARTS) is 1. The normalized spacial score (nSPS) is 23.1. The second-order valence-electron chi connectivity index (χ2n) is 8.66. The van der Waals surface area contributed by atoms with Crippen LogP contribution in [-0.2, 0) is 57.7 Å². The zero-order chi connectivity index (χ0) is 31.2. The van der Waals surface area contributed by atoms with Crippen molar-refractivity contribution in [1.29, 1.82) is 0 Å². The molecule has 1 aromatic carbocycles. The highest BCUT2D eigenvalue weighted by atomic mass is 32.2. The third kappa shape index (κ3) is 7.95. The predicted molar refractivity (Wildman–Crippen MR) is 131 cm³/mol. The molecule has 1 heterocycles. The van der Waals surface area contributed by atoms with Crippen LogP contribution in [0, 0.1) is 10.1 Å². The number of hydrogen-bond acceptors (Lipinski definition) is 14. The average molecular weight is 605 g/mol. The number of nitro benzene ring substituents is 1. The molecule has 0 saturated carbocycles. The van der Waals surface area contributed by atoms with Crippen LogP contribution in [0.1, 0.15) is 34.6 Å². The zero-order valence-electron chi connectivity index (χ0n) is 22.4. The Balaban J connectivity index is 2.89. The second-order valence-corrected chi connectivity index (χ2v) is 10.5. The average Bonchev–Trinajstić information content (AvgIpc) is 2.85. The first-order chi connectivity index (χ1) is 19.0. The number of benzene rings is 1. The number of nitrogens with zero attached hydrogens (tertiary/aromatic N) is 2. The van der Waals surface area contributed by atoms with E-state index in [0.29, 0.717) is 0 Å². The Bertz CT molecular complexity index is 1310. The molecule has 0 spiro atoms. The molecule has 1 unspecified atom stereocenters. The van der Waals surface area contributed by atoms with Gasteiger partial charge in [-0.15, -0.1) is 0 Å². The Hall–Kier alpha value is -4.16. The van der Waals surface area contributed by atoms with Crippen molar-refractivity contribution >= 4 is 45.6 Å². The van der Waals surface area contributed by atoms with E-state index in [1.165, 1.54) is 6.07 Å². The number of carbonyl (C=O) groups excluding carboxylic acids is 4. The van der Waals surface area contributed by atoms with Crippen LogP contribution in [0.25, 0.3) is 0 Å². The number of nitro groups is 1. The van der Waals surface area contributed by atoms with Gasteiger partial charge in [0.25, 0.3) is 15.7 Å². The first kappa shape index (κ1) is 33.0. The van der Waals surface area contributed by atoms with Gasteiger partial charge < -0.3 is 28.8 Å². The number of para-hydroxylation sites is 1. The number of carboxylic acids is 1. The van der Waals surface area contributed by atoms with Gasteiger partial charge in [0.2, 0.25) is 0 Å². The highest BCUT2D eigenvalue weighted by Crippen LogP contribution is 2.36. The van der Waals surface area contributed by atoms with Crippen molar-refractivity contribution in [2.24, 2.45) is 0 Å². The summed E-state index contributed by atoms with van der Waals surface area (Å²) in [5.74, 6) is -5.64. The fraction of sp³-hybridized carbons (Fsp3) is 0.522. The number of aliphatic carboxylic acids is 1. The molecule has 1 fully saturated rings. The van der Waals surface area contributed by atoms with Gasteiger partial charge in [0.1, 0.15) is 18.8 Å². The van der Waals surface area contributed by atoms with Crippen LogP contribution in [0.15, 0.2) is 29.2 Å². The summed E-state index contributed by atoms with van der Waals surface area (Å²) in [6.45, 7) is 4.00. The topological polar surface area (TPSA) is 232 Å². The molecule has 1 aliphatic rings. The van der Waals surface area contributed by atoms with Gasteiger partial charge in [-0.05, 0) is 13.0 Å². The van der Waals surface area contributed by atoms with Gasteiger partial charge in [-0.2, -0.15) is 4.31 Å². The maximum absolute atomic E-state index is 14.0. The quantitative estimate of drug-likeness (QED) is 0.153. The Kier molecular flexibility index (Phi) is 10.9. The van der Waals surface area contributed by atoms with Crippen molar-refractivity contribution in [2.75, 3.05) is 6.61 Å². The van der Waals surface area contributed by atoms with E-state index in [-0.39, 0.29) is 4.31 Å². The number of rotatable bonds is 11. The molecule has 0 aromatic heterocycles. The Morgan fingerprint density at radius 1 is 0.951 bits per heavy atom. The Morgan fingerprint density at radius 3 is 1.95 bits per heavy atom. The molecule has 0 aliphatic carbocycles. The summed E-state index contributed by atoms with van der Waals surface area (Å²) in [5, 5.41) is 21.5. The lowest BCUT2D eigenvalue weighted by molar-refractivity contribution is -0.387. The fourth-order valence-corrected chi connectivity index (χ4v) is 5.86.